The zero-order valence-corrected chi connectivity index (χ0v) is 10.7. The molecule has 0 aromatic heterocycles. The summed E-state index contributed by atoms with van der Waals surface area (Å²) in [6, 6.07) is -0.519. The van der Waals surface area contributed by atoms with Crippen LogP contribution in [0.5, 0.6) is 0 Å². The number of carbonyl (C=O) groups is 2. The molecule has 0 aromatic carbocycles. The molecule has 0 atom stereocenters. The average molecular weight is 246 g/mol. The highest BCUT2D eigenvalue weighted by atomic mass is 16.4. The molecule has 100 valence electrons. The van der Waals surface area contributed by atoms with Crippen LogP contribution >= 0.6 is 0 Å². The minimum absolute atomic E-state index is 0.120. The van der Waals surface area contributed by atoms with Gasteiger partial charge in [0, 0.05) is 19.1 Å². The Kier molecular flexibility index (Phi) is 7.29. The summed E-state index contributed by atoms with van der Waals surface area (Å²) in [6.45, 7) is 5.77. The fourth-order valence-electron chi connectivity index (χ4n) is 1.49. The number of hydrogen-bond acceptors (Lipinski definition) is 3. The van der Waals surface area contributed by atoms with Crippen LogP contribution in [0.3, 0.4) is 0 Å². The Morgan fingerprint density at radius 3 is 2.18 bits per heavy atom. The highest BCUT2D eigenvalue weighted by Gasteiger charge is 2.24. The molecule has 0 heterocycles. The van der Waals surface area contributed by atoms with Crippen molar-refractivity contribution in [2.75, 3.05) is 26.2 Å². The van der Waals surface area contributed by atoms with Crippen LogP contribution in [0, 0.1) is 0 Å². The van der Waals surface area contributed by atoms with Crippen molar-refractivity contribution in [3.63, 3.8) is 0 Å². The number of aliphatic carboxylic acids is 1. The van der Waals surface area contributed by atoms with Crippen LogP contribution in [0.1, 0.15) is 27.2 Å². The number of amides is 2. The van der Waals surface area contributed by atoms with Crippen LogP contribution in [0.25, 0.3) is 0 Å². The highest BCUT2D eigenvalue weighted by molar-refractivity contribution is 5.80. The van der Waals surface area contributed by atoms with Crippen LogP contribution in [0.15, 0.2) is 0 Å². The maximum atomic E-state index is 12.1. The molecule has 0 radical (unpaired) electrons. The molecule has 0 spiro atoms. The molecule has 0 unspecified atom stereocenters. The molecule has 0 fully saturated rings. The van der Waals surface area contributed by atoms with E-state index < -0.39 is 5.97 Å². The Bertz CT molecular complexity index is 250. The van der Waals surface area contributed by atoms with Crippen molar-refractivity contribution < 1.29 is 19.8 Å². The lowest BCUT2D eigenvalue weighted by atomic mass is 10.3. The molecule has 17 heavy (non-hydrogen) atoms. The van der Waals surface area contributed by atoms with E-state index in [4.69, 9.17) is 10.2 Å². The van der Waals surface area contributed by atoms with E-state index in [1.807, 2.05) is 6.92 Å². The molecule has 0 aliphatic carbocycles. The first-order valence-electron chi connectivity index (χ1n) is 5.82. The number of urea groups is 1. The monoisotopic (exact) mass is 246 g/mol. The van der Waals surface area contributed by atoms with Crippen molar-refractivity contribution in [1.29, 1.82) is 0 Å². The van der Waals surface area contributed by atoms with E-state index in [0.29, 0.717) is 6.54 Å². The molecule has 6 heteroatoms. The summed E-state index contributed by atoms with van der Waals surface area (Å²) in [5.74, 6) is -1.03. The summed E-state index contributed by atoms with van der Waals surface area (Å²) < 4.78 is 0. The van der Waals surface area contributed by atoms with Crippen LogP contribution in [0.2, 0.25) is 0 Å². The van der Waals surface area contributed by atoms with E-state index in [-0.39, 0.29) is 31.8 Å². The van der Waals surface area contributed by atoms with Crippen molar-refractivity contribution in [3.05, 3.63) is 0 Å². The summed E-state index contributed by atoms with van der Waals surface area (Å²) in [6.07, 6.45) is 0.769. The lowest BCUT2D eigenvalue weighted by Gasteiger charge is -2.31. The molecule has 0 aromatic rings. The van der Waals surface area contributed by atoms with Crippen molar-refractivity contribution in [1.82, 2.24) is 9.80 Å². The van der Waals surface area contributed by atoms with E-state index in [2.05, 4.69) is 0 Å². The topological polar surface area (TPSA) is 81.1 Å². The van der Waals surface area contributed by atoms with E-state index in [1.54, 1.807) is 13.8 Å². The number of carboxylic acid groups (broad SMARTS) is 1. The lowest BCUT2D eigenvalue weighted by Crippen LogP contribution is -2.49. The fraction of sp³-hybridized carbons (Fsp3) is 0.818. The van der Waals surface area contributed by atoms with Crippen LogP contribution in [-0.2, 0) is 4.79 Å². The molecule has 6 nitrogen and oxygen atoms in total. The summed E-state index contributed by atoms with van der Waals surface area (Å²) >= 11 is 0. The minimum atomic E-state index is -1.03. The first-order valence-corrected chi connectivity index (χ1v) is 5.82. The maximum Gasteiger partial charge on any atom is 0.323 e. The predicted molar refractivity (Wildman–Crippen MR) is 63.8 cm³/mol. The second kappa shape index (κ2) is 7.89. The Labute approximate surface area is 102 Å². The van der Waals surface area contributed by atoms with Gasteiger partial charge in [-0.3, -0.25) is 4.79 Å². The summed E-state index contributed by atoms with van der Waals surface area (Å²) in [5, 5.41) is 17.6. The van der Waals surface area contributed by atoms with Gasteiger partial charge in [0.2, 0.25) is 0 Å². The Morgan fingerprint density at radius 2 is 1.82 bits per heavy atom. The number of hydrogen-bond donors (Lipinski definition) is 2. The number of aliphatic hydroxyl groups excluding tert-OH is 1. The van der Waals surface area contributed by atoms with Gasteiger partial charge < -0.3 is 20.0 Å². The molecule has 0 saturated heterocycles. The van der Waals surface area contributed by atoms with Gasteiger partial charge in [-0.05, 0) is 20.3 Å². The minimum Gasteiger partial charge on any atom is -0.480 e. The third-order valence-electron chi connectivity index (χ3n) is 2.31. The summed E-state index contributed by atoms with van der Waals surface area (Å²) in [4.78, 5) is 25.5. The molecule has 0 bridgehead atoms. The molecule has 2 N–H and O–H groups in total. The van der Waals surface area contributed by atoms with Gasteiger partial charge in [-0.2, -0.15) is 0 Å². The van der Waals surface area contributed by atoms with Crippen molar-refractivity contribution >= 4 is 12.0 Å². The Morgan fingerprint density at radius 1 is 1.24 bits per heavy atom. The zero-order chi connectivity index (χ0) is 13.4. The third-order valence-corrected chi connectivity index (χ3v) is 2.31. The highest BCUT2D eigenvalue weighted by Crippen LogP contribution is 2.05. The van der Waals surface area contributed by atoms with Crippen LogP contribution < -0.4 is 0 Å². The van der Waals surface area contributed by atoms with Crippen LogP contribution in [0.4, 0.5) is 4.79 Å². The van der Waals surface area contributed by atoms with Gasteiger partial charge in [-0.1, -0.05) is 6.92 Å². The number of aliphatic hydroxyl groups is 1. The molecule has 0 aliphatic heterocycles. The first-order chi connectivity index (χ1) is 7.93. The normalized spacial score (nSPS) is 10.4. The number of carbonyl (C=O) groups excluding carboxylic acids is 1. The van der Waals surface area contributed by atoms with E-state index >= 15 is 0 Å². The van der Waals surface area contributed by atoms with Gasteiger partial charge in [0.15, 0.2) is 0 Å². The second-order valence-corrected chi connectivity index (χ2v) is 4.11. The summed E-state index contributed by atoms with van der Waals surface area (Å²) in [5.41, 5.74) is 0. The summed E-state index contributed by atoms with van der Waals surface area (Å²) in [7, 11) is 0. The van der Waals surface area contributed by atoms with Gasteiger partial charge in [0.25, 0.3) is 0 Å². The van der Waals surface area contributed by atoms with Gasteiger partial charge in [0.05, 0.1) is 6.61 Å². The van der Waals surface area contributed by atoms with Gasteiger partial charge in [0.1, 0.15) is 6.54 Å². The zero-order valence-electron chi connectivity index (χ0n) is 10.7. The van der Waals surface area contributed by atoms with Gasteiger partial charge >= 0.3 is 12.0 Å². The SMILES string of the molecule is CCCN(CCO)C(=O)N(CC(=O)O)C(C)C. The second-order valence-electron chi connectivity index (χ2n) is 4.11. The lowest BCUT2D eigenvalue weighted by molar-refractivity contribution is -0.138. The van der Waals surface area contributed by atoms with E-state index in [1.165, 1.54) is 9.80 Å². The van der Waals surface area contributed by atoms with Gasteiger partial charge in [-0.25, -0.2) is 4.79 Å². The van der Waals surface area contributed by atoms with E-state index in [0.717, 1.165) is 6.42 Å². The average Bonchev–Trinajstić information content (AvgIpc) is 2.24. The van der Waals surface area contributed by atoms with Gasteiger partial charge in [-0.15, -0.1) is 0 Å². The fourth-order valence-corrected chi connectivity index (χ4v) is 1.49. The molecule has 2 amide bonds. The number of nitrogens with zero attached hydrogens (tertiary/aromatic N) is 2. The molecular weight excluding hydrogens is 224 g/mol. The maximum absolute atomic E-state index is 12.1. The third kappa shape index (κ3) is 5.53. The molecule has 0 rings (SSSR count). The molecule has 0 saturated carbocycles. The standard InChI is InChI=1S/C11H22N2O4/c1-4-5-12(6-7-14)11(17)13(9(2)3)8-10(15)16/h9,14H,4-8H2,1-3H3,(H,15,16). The largest absolute Gasteiger partial charge is 0.480 e. The smallest absolute Gasteiger partial charge is 0.323 e. The van der Waals surface area contributed by atoms with E-state index in [9.17, 15) is 9.59 Å². The quantitative estimate of drug-likeness (QED) is 0.689. The number of carboxylic acids is 1. The molecule has 0 aliphatic rings. The van der Waals surface area contributed by atoms with Crippen molar-refractivity contribution in [2.45, 2.75) is 33.2 Å². The molecular formula is C11H22N2O4. The van der Waals surface area contributed by atoms with Crippen molar-refractivity contribution in [2.24, 2.45) is 0 Å². The Hall–Kier alpha value is -1.30. The first kappa shape index (κ1) is 15.7. The predicted octanol–water partition coefficient (Wildman–Crippen LogP) is 0.606. The number of rotatable bonds is 7. The Balaban J connectivity index is 4.70. The van der Waals surface area contributed by atoms with Crippen molar-refractivity contribution in [3.8, 4) is 0 Å². The van der Waals surface area contributed by atoms with Crippen LogP contribution in [-0.4, -0.2) is 64.3 Å².